The third-order valence-corrected chi connectivity index (χ3v) is 8.26. The van der Waals surface area contributed by atoms with E-state index < -0.39 is 19.9 Å². The van der Waals surface area contributed by atoms with E-state index in [9.17, 15) is 16.8 Å². The second-order valence-electron chi connectivity index (χ2n) is 4.66. The zero-order chi connectivity index (χ0) is 14.8. The van der Waals surface area contributed by atoms with E-state index in [1.54, 1.807) is 19.2 Å². The molecule has 0 spiro atoms. The fourth-order valence-electron chi connectivity index (χ4n) is 2.05. The van der Waals surface area contributed by atoms with Crippen molar-refractivity contribution in [1.29, 1.82) is 0 Å². The Labute approximate surface area is 123 Å². The highest BCUT2D eigenvalue weighted by Crippen LogP contribution is 2.25. The Morgan fingerprint density at radius 3 is 2.75 bits per heavy atom. The number of sulfonamides is 1. The Balaban J connectivity index is 2.20. The van der Waals surface area contributed by atoms with Crippen LogP contribution in [0.4, 0.5) is 0 Å². The molecule has 0 aromatic carbocycles. The summed E-state index contributed by atoms with van der Waals surface area (Å²) in [6.45, 7) is 0.930. The lowest BCUT2D eigenvalue weighted by Crippen LogP contribution is -2.33. The Kier molecular flexibility index (Phi) is 4.85. The lowest BCUT2D eigenvalue weighted by Gasteiger charge is -2.18. The third kappa shape index (κ3) is 3.59. The summed E-state index contributed by atoms with van der Waals surface area (Å²) >= 11 is 1.22. The molecule has 0 radical (unpaired) electrons. The molecule has 1 aliphatic heterocycles. The van der Waals surface area contributed by atoms with Crippen LogP contribution >= 0.6 is 11.3 Å². The molecular weight excluding hydrogens is 320 g/mol. The lowest BCUT2D eigenvalue weighted by atomic mass is 10.5. The average molecular weight is 338 g/mol. The summed E-state index contributed by atoms with van der Waals surface area (Å²) in [4.78, 5) is 0.938. The minimum atomic E-state index is -3.57. The Morgan fingerprint density at radius 2 is 2.05 bits per heavy atom. The van der Waals surface area contributed by atoms with E-state index in [2.05, 4.69) is 5.32 Å². The molecule has 6 nitrogen and oxygen atoms in total. The fourth-order valence-corrected chi connectivity index (χ4v) is 6.44. The molecule has 1 saturated heterocycles. The monoisotopic (exact) mass is 338 g/mol. The van der Waals surface area contributed by atoms with Crippen LogP contribution in [0, 0.1) is 0 Å². The van der Waals surface area contributed by atoms with Gasteiger partial charge in [0, 0.05) is 24.5 Å². The second kappa shape index (κ2) is 6.10. The number of sulfone groups is 1. The quantitative estimate of drug-likeness (QED) is 0.852. The van der Waals surface area contributed by atoms with Crippen molar-refractivity contribution in [3.63, 3.8) is 0 Å². The van der Waals surface area contributed by atoms with Gasteiger partial charge in [-0.25, -0.2) is 16.8 Å². The molecule has 114 valence electrons. The molecule has 9 heteroatoms. The molecule has 1 N–H and O–H groups in total. The van der Waals surface area contributed by atoms with Crippen molar-refractivity contribution in [3.8, 4) is 0 Å². The van der Waals surface area contributed by atoms with Crippen LogP contribution in [-0.4, -0.2) is 52.8 Å². The van der Waals surface area contributed by atoms with Crippen LogP contribution in [0.1, 0.15) is 11.3 Å². The number of hydrogen-bond acceptors (Lipinski definition) is 6. The van der Waals surface area contributed by atoms with Crippen molar-refractivity contribution in [2.45, 2.75) is 17.2 Å². The van der Waals surface area contributed by atoms with E-state index in [1.807, 2.05) is 0 Å². The van der Waals surface area contributed by atoms with Gasteiger partial charge in [0.05, 0.1) is 11.5 Å². The number of nitrogens with zero attached hydrogens (tertiary/aromatic N) is 1. The SMILES string of the molecule is CNCc1ccc(S(=O)(=O)N2CCCS(=O)(=O)CC2)s1. The summed E-state index contributed by atoms with van der Waals surface area (Å²) in [6.07, 6.45) is 0.357. The van der Waals surface area contributed by atoms with Gasteiger partial charge < -0.3 is 5.32 Å². The van der Waals surface area contributed by atoms with E-state index >= 15 is 0 Å². The summed E-state index contributed by atoms with van der Waals surface area (Å²) in [5.41, 5.74) is 0. The van der Waals surface area contributed by atoms with Crippen LogP contribution in [0.25, 0.3) is 0 Å². The molecule has 1 aromatic heterocycles. The first-order valence-corrected chi connectivity index (χ1v) is 10.4. The highest BCUT2D eigenvalue weighted by Gasteiger charge is 2.29. The maximum Gasteiger partial charge on any atom is 0.252 e. The lowest BCUT2D eigenvalue weighted by molar-refractivity contribution is 0.436. The first-order chi connectivity index (χ1) is 9.35. The number of hydrogen-bond donors (Lipinski definition) is 1. The smallest absolute Gasteiger partial charge is 0.252 e. The molecule has 1 aromatic rings. The van der Waals surface area contributed by atoms with Crippen molar-refractivity contribution in [1.82, 2.24) is 9.62 Å². The maximum atomic E-state index is 12.5. The van der Waals surface area contributed by atoms with Crippen molar-refractivity contribution in [2.75, 3.05) is 31.6 Å². The third-order valence-electron chi connectivity index (χ3n) is 3.10. The highest BCUT2D eigenvalue weighted by molar-refractivity contribution is 7.92. The maximum absolute atomic E-state index is 12.5. The number of nitrogens with one attached hydrogen (secondary N) is 1. The van der Waals surface area contributed by atoms with Crippen molar-refractivity contribution in [2.24, 2.45) is 0 Å². The normalized spacial score (nSPS) is 20.6. The second-order valence-corrected chi connectivity index (χ2v) is 10.3. The van der Waals surface area contributed by atoms with E-state index in [4.69, 9.17) is 0 Å². The van der Waals surface area contributed by atoms with Gasteiger partial charge in [-0.3, -0.25) is 0 Å². The van der Waals surface area contributed by atoms with Crippen molar-refractivity contribution < 1.29 is 16.8 Å². The van der Waals surface area contributed by atoms with Gasteiger partial charge in [0.15, 0.2) is 9.84 Å². The highest BCUT2D eigenvalue weighted by atomic mass is 32.2. The molecule has 2 heterocycles. The van der Waals surface area contributed by atoms with Crippen LogP contribution < -0.4 is 5.32 Å². The van der Waals surface area contributed by atoms with Crippen LogP contribution in [0.15, 0.2) is 16.3 Å². The molecule has 2 rings (SSSR count). The first-order valence-electron chi connectivity index (χ1n) is 6.29. The zero-order valence-corrected chi connectivity index (χ0v) is 13.7. The molecule has 0 aliphatic carbocycles. The van der Waals surface area contributed by atoms with Gasteiger partial charge in [-0.2, -0.15) is 4.31 Å². The predicted molar refractivity (Wildman–Crippen MR) is 79.1 cm³/mol. The van der Waals surface area contributed by atoms with Gasteiger partial charge in [0.25, 0.3) is 10.0 Å². The van der Waals surface area contributed by atoms with Crippen LogP contribution in [0.2, 0.25) is 0 Å². The summed E-state index contributed by atoms with van der Waals surface area (Å²) in [7, 11) is -4.88. The molecule has 0 unspecified atom stereocenters. The van der Waals surface area contributed by atoms with Crippen LogP contribution in [-0.2, 0) is 26.4 Å². The molecular formula is C11H18N2O4S3. The summed E-state index contributed by atoms with van der Waals surface area (Å²) < 4.78 is 49.6. The Bertz CT molecular complexity index is 664. The van der Waals surface area contributed by atoms with Gasteiger partial charge in [-0.1, -0.05) is 0 Å². The molecule has 0 bridgehead atoms. The fraction of sp³-hybridized carbons (Fsp3) is 0.636. The first kappa shape index (κ1) is 15.9. The zero-order valence-electron chi connectivity index (χ0n) is 11.2. The topological polar surface area (TPSA) is 83.6 Å². The van der Waals surface area contributed by atoms with Gasteiger partial charge in [-0.05, 0) is 25.6 Å². The van der Waals surface area contributed by atoms with E-state index in [1.165, 1.54) is 15.6 Å². The molecule has 0 amide bonds. The molecule has 0 saturated carbocycles. The van der Waals surface area contributed by atoms with E-state index in [0.717, 1.165) is 4.88 Å². The van der Waals surface area contributed by atoms with E-state index in [-0.39, 0.29) is 28.8 Å². The largest absolute Gasteiger partial charge is 0.315 e. The average Bonchev–Trinajstić information content (AvgIpc) is 2.75. The minimum absolute atomic E-state index is 0.0456. The number of rotatable bonds is 4. The summed E-state index contributed by atoms with van der Waals surface area (Å²) in [6, 6.07) is 3.37. The minimum Gasteiger partial charge on any atom is -0.315 e. The predicted octanol–water partition coefficient (Wildman–Crippen LogP) is 0.277. The van der Waals surface area contributed by atoms with Crippen molar-refractivity contribution in [3.05, 3.63) is 17.0 Å². The molecule has 1 fully saturated rings. The Morgan fingerprint density at radius 1 is 1.30 bits per heavy atom. The summed E-state index contributed by atoms with van der Waals surface area (Å²) in [5, 5.41) is 2.97. The van der Waals surface area contributed by atoms with Crippen LogP contribution in [0.3, 0.4) is 0 Å². The standard InChI is InChI=1S/C11H18N2O4S3/c1-12-9-10-3-4-11(18-10)20(16,17)13-5-2-7-19(14,15)8-6-13/h3-4,12H,2,5-9H2,1H3. The van der Waals surface area contributed by atoms with Gasteiger partial charge in [-0.15, -0.1) is 11.3 Å². The molecule has 20 heavy (non-hydrogen) atoms. The Hall–Kier alpha value is -0.480. The number of thiophene rings is 1. The summed E-state index contributed by atoms with van der Waals surface area (Å²) in [5.74, 6) is -0.0323. The van der Waals surface area contributed by atoms with Crippen LogP contribution in [0.5, 0.6) is 0 Å². The van der Waals surface area contributed by atoms with Gasteiger partial charge in [0.2, 0.25) is 0 Å². The van der Waals surface area contributed by atoms with Gasteiger partial charge in [0.1, 0.15) is 4.21 Å². The van der Waals surface area contributed by atoms with E-state index in [0.29, 0.717) is 13.0 Å². The van der Waals surface area contributed by atoms with Crippen molar-refractivity contribution >= 4 is 31.2 Å². The molecule has 1 aliphatic rings. The van der Waals surface area contributed by atoms with Gasteiger partial charge >= 0.3 is 0 Å². The molecule has 0 atom stereocenters.